The molecule has 118 valence electrons. The van der Waals surface area contributed by atoms with Crippen molar-refractivity contribution in [2.45, 2.75) is 58.6 Å². The SMILES string of the molecule is CC(C)(C)c1ccc(OCc2cnc3n2CCCC3)c(Cl)c1. The summed E-state index contributed by atoms with van der Waals surface area (Å²) in [6.45, 7) is 8.10. The van der Waals surface area contributed by atoms with E-state index in [1.54, 1.807) is 0 Å². The predicted octanol–water partition coefficient (Wildman–Crippen LogP) is 4.75. The molecule has 1 aliphatic heterocycles. The van der Waals surface area contributed by atoms with Gasteiger partial charge in [-0.1, -0.05) is 38.4 Å². The number of aromatic nitrogens is 2. The number of benzene rings is 1. The van der Waals surface area contributed by atoms with Crippen molar-refractivity contribution >= 4 is 11.6 Å². The molecule has 3 rings (SSSR count). The van der Waals surface area contributed by atoms with Gasteiger partial charge in [-0.15, -0.1) is 0 Å². The summed E-state index contributed by atoms with van der Waals surface area (Å²) in [5.41, 5.74) is 2.43. The molecule has 0 aliphatic carbocycles. The number of ether oxygens (including phenoxy) is 1. The number of hydrogen-bond donors (Lipinski definition) is 0. The summed E-state index contributed by atoms with van der Waals surface area (Å²) < 4.78 is 8.20. The highest BCUT2D eigenvalue weighted by molar-refractivity contribution is 6.32. The maximum absolute atomic E-state index is 6.37. The standard InChI is InChI=1S/C18H23ClN2O/c1-18(2,3)13-7-8-16(15(19)10-13)22-12-14-11-20-17-6-4-5-9-21(14)17/h7-8,10-11H,4-6,9,12H2,1-3H3. The molecule has 0 radical (unpaired) electrons. The smallest absolute Gasteiger partial charge is 0.138 e. The fraction of sp³-hybridized carbons (Fsp3) is 0.500. The Morgan fingerprint density at radius 1 is 1.27 bits per heavy atom. The van der Waals surface area contributed by atoms with E-state index in [9.17, 15) is 0 Å². The van der Waals surface area contributed by atoms with Crippen LogP contribution in [0, 0.1) is 0 Å². The summed E-state index contributed by atoms with van der Waals surface area (Å²) >= 11 is 6.37. The second-order valence-electron chi connectivity index (χ2n) is 6.96. The first-order chi connectivity index (χ1) is 10.4. The van der Waals surface area contributed by atoms with E-state index in [4.69, 9.17) is 16.3 Å². The van der Waals surface area contributed by atoms with Crippen LogP contribution in [0.25, 0.3) is 0 Å². The minimum absolute atomic E-state index is 0.0900. The van der Waals surface area contributed by atoms with E-state index in [-0.39, 0.29) is 5.41 Å². The molecule has 1 aliphatic rings. The maximum atomic E-state index is 6.37. The average Bonchev–Trinajstić information content (AvgIpc) is 2.88. The Hall–Kier alpha value is -1.48. The zero-order valence-electron chi connectivity index (χ0n) is 13.5. The minimum Gasteiger partial charge on any atom is -0.486 e. The highest BCUT2D eigenvalue weighted by Gasteiger charge is 2.17. The van der Waals surface area contributed by atoms with Gasteiger partial charge in [0.2, 0.25) is 0 Å². The largest absolute Gasteiger partial charge is 0.486 e. The molecule has 0 saturated heterocycles. The first-order valence-corrected chi connectivity index (χ1v) is 8.29. The molecular weight excluding hydrogens is 296 g/mol. The van der Waals surface area contributed by atoms with Crippen LogP contribution in [0.2, 0.25) is 5.02 Å². The monoisotopic (exact) mass is 318 g/mol. The second kappa shape index (κ2) is 5.96. The fourth-order valence-corrected chi connectivity index (χ4v) is 3.07. The van der Waals surface area contributed by atoms with Crippen molar-refractivity contribution in [3.8, 4) is 5.75 Å². The number of imidazole rings is 1. The van der Waals surface area contributed by atoms with Gasteiger partial charge in [0.1, 0.15) is 18.2 Å². The molecule has 22 heavy (non-hydrogen) atoms. The van der Waals surface area contributed by atoms with E-state index in [0.717, 1.165) is 24.4 Å². The lowest BCUT2D eigenvalue weighted by Crippen LogP contribution is -2.14. The average molecular weight is 319 g/mol. The predicted molar refractivity (Wildman–Crippen MR) is 89.6 cm³/mol. The van der Waals surface area contributed by atoms with Crippen LogP contribution in [0.5, 0.6) is 5.75 Å². The van der Waals surface area contributed by atoms with Crippen LogP contribution >= 0.6 is 11.6 Å². The summed E-state index contributed by atoms with van der Waals surface area (Å²) in [7, 11) is 0. The number of rotatable bonds is 3. The molecule has 0 unspecified atom stereocenters. The van der Waals surface area contributed by atoms with E-state index in [1.807, 2.05) is 18.3 Å². The van der Waals surface area contributed by atoms with Gasteiger partial charge in [0.15, 0.2) is 0 Å². The third-order valence-corrected chi connectivity index (χ3v) is 4.52. The Morgan fingerprint density at radius 2 is 2.09 bits per heavy atom. The number of halogens is 1. The summed E-state index contributed by atoms with van der Waals surface area (Å²) in [4.78, 5) is 4.49. The van der Waals surface area contributed by atoms with Crippen LogP contribution in [-0.4, -0.2) is 9.55 Å². The zero-order chi connectivity index (χ0) is 15.7. The van der Waals surface area contributed by atoms with Gasteiger partial charge in [-0.2, -0.15) is 0 Å². The topological polar surface area (TPSA) is 27.1 Å². The quantitative estimate of drug-likeness (QED) is 0.816. The van der Waals surface area contributed by atoms with Gasteiger partial charge in [-0.05, 0) is 36.0 Å². The molecule has 0 N–H and O–H groups in total. The molecule has 4 heteroatoms. The third-order valence-electron chi connectivity index (χ3n) is 4.23. The number of nitrogens with zero attached hydrogens (tertiary/aromatic N) is 2. The number of fused-ring (bicyclic) bond motifs is 1. The van der Waals surface area contributed by atoms with Gasteiger partial charge in [-0.3, -0.25) is 0 Å². The maximum Gasteiger partial charge on any atom is 0.138 e. The molecule has 0 fully saturated rings. The highest BCUT2D eigenvalue weighted by atomic mass is 35.5. The van der Waals surface area contributed by atoms with Gasteiger partial charge in [0.25, 0.3) is 0 Å². The highest BCUT2D eigenvalue weighted by Crippen LogP contribution is 2.31. The summed E-state index contributed by atoms with van der Waals surface area (Å²) in [6, 6.07) is 6.06. The lowest BCUT2D eigenvalue weighted by atomic mass is 9.87. The van der Waals surface area contributed by atoms with Crippen LogP contribution in [0.1, 0.15) is 50.7 Å². The lowest BCUT2D eigenvalue weighted by Gasteiger charge is -2.20. The first-order valence-electron chi connectivity index (χ1n) is 7.91. The van der Waals surface area contributed by atoms with Gasteiger partial charge in [-0.25, -0.2) is 4.98 Å². The van der Waals surface area contributed by atoms with E-state index in [1.165, 1.54) is 24.2 Å². The Bertz CT molecular complexity index is 670. The van der Waals surface area contributed by atoms with Crippen molar-refractivity contribution in [1.29, 1.82) is 0 Å². The fourth-order valence-electron chi connectivity index (χ4n) is 2.83. The second-order valence-corrected chi connectivity index (χ2v) is 7.37. The molecule has 0 atom stereocenters. The van der Waals surface area contributed by atoms with Crippen LogP contribution in [0.15, 0.2) is 24.4 Å². The number of aryl methyl sites for hydroxylation is 1. The van der Waals surface area contributed by atoms with Crippen molar-refractivity contribution in [3.05, 3.63) is 46.5 Å². The minimum atomic E-state index is 0.0900. The van der Waals surface area contributed by atoms with E-state index >= 15 is 0 Å². The van der Waals surface area contributed by atoms with Gasteiger partial charge >= 0.3 is 0 Å². The molecule has 0 spiro atoms. The Morgan fingerprint density at radius 3 is 2.82 bits per heavy atom. The summed E-state index contributed by atoms with van der Waals surface area (Å²) in [5, 5.41) is 0.672. The molecule has 1 aromatic carbocycles. The van der Waals surface area contributed by atoms with Gasteiger partial charge < -0.3 is 9.30 Å². The van der Waals surface area contributed by atoms with Crippen LogP contribution in [0.4, 0.5) is 0 Å². The first kappa shape index (κ1) is 15.4. The van der Waals surface area contributed by atoms with Crippen LogP contribution < -0.4 is 4.74 Å². The molecule has 0 bridgehead atoms. The summed E-state index contributed by atoms with van der Waals surface area (Å²) in [5.74, 6) is 1.92. The Balaban J connectivity index is 1.73. The van der Waals surface area contributed by atoms with Gasteiger partial charge in [0.05, 0.1) is 16.9 Å². The zero-order valence-corrected chi connectivity index (χ0v) is 14.3. The normalized spacial score (nSPS) is 14.7. The molecule has 0 saturated carbocycles. The Labute approximate surface area is 137 Å². The van der Waals surface area contributed by atoms with E-state index < -0.39 is 0 Å². The molecule has 3 nitrogen and oxygen atoms in total. The molecule has 2 heterocycles. The number of hydrogen-bond acceptors (Lipinski definition) is 2. The van der Waals surface area contributed by atoms with E-state index in [2.05, 4.69) is 36.4 Å². The van der Waals surface area contributed by atoms with Crippen molar-refractivity contribution in [2.24, 2.45) is 0 Å². The van der Waals surface area contributed by atoms with Crippen LogP contribution in [0.3, 0.4) is 0 Å². The molecule has 0 amide bonds. The van der Waals surface area contributed by atoms with Crippen molar-refractivity contribution < 1.29 is 4.74 Å². The lowest BCUT2D eigenvalue weighted by molar-refractivity contribution is 0.291. The summed E-state index contributed by atoms with van der Waals surface area (Å²) in [6.07, 6.45) is 5.45. The van der Waals surface area contributed by atoms with Gasteiger partial charge in [0, 0.05) is 13.0 Å². The third kappa shape index (κ3) is 3.14. The van der Waals surface area contributed by atoms with Crippen LogP contribution in [-0.2, 0) is 25.0 Å². The van der Waals surface area contributed by atoms with E-state index in [0.29, 0.717) is 11.6 Å². The molecule has 2 aromatic rings. The molecular formula is C18H23ClN2O. The van der Waals surface area contributed by atoms with Crippen molar-refractivity contribution in [1.82, 2.24) is 9.55 Å². The Kier molecular flexibility index (Phi) is 4.18. The van der Waals surface area contributed by atoms with Crippen molar-refractivity contribution in [2.75, 3.05) is 0 Å². The molecule has 1 aromatic heterocycles. The van der Waals surface area contributed by atoms with Crippen molar-refractivity contribution in [3.63, 3.8) is 0 Å².